The van der Waals surface area contributed by atoms with E-state index in [1.165, 1.54) is 31.2 Å². The Morgan fingerprint density at radius 2 is 1.87 bits per heavy atom. The van der Waals surface area contributed by atoms with E-state index in [9.17, 15) is 13.9 Å². The van der Waals surface area contributed by atoms with Crippen LogP contribution in [0.5, 0.6) is 0 Å². The van der Waals surface area contributed by atoms with Gasteiger partial charge in [-0.2, -0.15) is 0 Å². The maximum Gasteiger partial charge on any atom is 0.150 e. The summed E-state index contributed by atoms with van der Waals surface area (Å²) in [4.78, 5) is 0. The SMILES string of the molecule is C[C@@](F)(CN)[C@@H](O)c1ccc(F)cc1.Cl. The molecule has 1 aromatic rings. The first-order chi connectivity index (χ1) is 6.47. The van der Waals surface area contributed by atoms with Gasteiger partial charge in [0.25, 0.3) is 0 Å². The summed E-state index contributed by atoms with van der Waals surface area (Å²) in [6, 6.07) is 5.03. The van der Waals surface area contributed by atoms with E-state index in [0.717, 1.165) is 0 Å². The zero-order valence-corrected chi connectivity index (χ0v) is 9.10. The molecule has 2 nitrogen and oxygen atoms in total. The van der Waals surface area contributed by atoms with Gasteiger partial charge in [0, 0.05) is 6.54 Å². The lowest BCUT2D eigenvalue weighted by atomic mass is 9.95. The molecule has 0 bridgehead atoms. The molecule has 0 unspecified atom stereocenters. The van der Waals surface area contributed by atoms with Gasteiger partial charge in [0.15, 0.2) is 0 Å². The Morgan fingerprint density at radius 3 is 2.27 bits per heavy atom. The highest BCUT2D eigenvalue weighted by Crippen LogP contribution is 2.28. The summed E-state index contributed by atoms with van der Waals surface area (Å²) < 4.78 is 26.1. The summed E-state index contributed by atoms with van der Waals surface area (Å²) >= 11 is 0. The zero-order chi connectivity index (χ0) is 10.8. The van der Waals surface area contributed by atoms with Gasteiger partial charge in [-0.3, -0.25) is 0 Å². The van der Waals surface area contributed by atoms with Crippen LogP contribution in [0.15, 0.2) is 24.3 Å². The average molecular weight is 238 g/mol. The minimum absolute atomic E-state index is 0. The third-order valence-corrected chi connectivity index (χ3v) is 2.16. The standard InChI is InChI=1S/C10H13F2NO.ClH/c1-10(12,6-13)9(14)7-2-4-8(11)5-3-7;/h2-5,9,14H,6,13H2,1H3;1H/t9-,10+;/m0./s1. The molecule has 2 atom stereocenters. The Bertz CT molecular complexity index is 303. The second-order valence-corrected chi connectivity index (χ2v) is 3.44. The number of rotatable bonds is 3. The molecule has 0 fully saturated rings. The molecule has 1 rings (SSSR count). The predicted octanol–water partition coefficient (Wildman–Crippen LogP) is 1.97. The van der Waals surface area contributed by atoms with E-state index in [1.807, 2.05) is 0 Å². The van der Waals surface area contributed by atoms with E-state index < -0.39 is 17.6 Å². The van der Waals surface area contributed by atoms with Crippen LogP contribution >= 0.6 is 12.4 Å². The second-order valence-electron chi connectivity index (χ2n) is 3.44. The largest absolute Gasteiger partial charge is 0.385 e. The second kappa shape index (κ2) is 5.39. The molecular formula is C10H14ClF2NO. The number of hydrogen-bond acceptors (Lipinski definition) is 2. The Balaban J connectivity index is 0.00000196. The lowest BCUT2D eigenvalue weighted by Gasteiger charge is -2.24. The number of benzene rings is 1. The smallest absolute Gasteiger partial charge is 0.150 e. The number of alkyl halides is 1. The van der Waals surface area contributed by atoms with Crippen LogP contribution in [-0.2, 0) is 0 Å². The summed E-state index contributed by atoms with van der Waals surface area (Å²) in [6.07, 6.45) is -1.33. The van der Waals surface area contributed by atoms with Crippen molar-refractivity contribution in [3.05, 3.63) is 35.6 Å². The van der Waals surface area contributed by atoms with Gasteiger partial charge >= 0.3 is 0 Å². The van der Waals surface area contributed by atoms with E-state index in [1.54, 1.807) is 0 Å². The third-order valence-electron chi connectivity index (χ3n) is 2.16. The van der Waals surface area contributed by atoms with Crippen LogP contribution in [-0.4, -0.2) is 17.3 Å². The summed E-state index contributed by atoms with van der Waals surface area (Å²) in [5, 5.41) is 9.56. The van der Waals surface area contributed by atoms with Crippen molar-refractivity contribution >= 4 is 12.4 Å². The molecule has 0 aliphatic heterocycles. The maximum absolute atomic E-state index is 13.5. The van der Waals surface area contributed by atoms with Gasteiger partial charge in [-0.15, -0.1) is 12.4 Å². The van der Waals surface area contributed by atoms with Crippen molar-refractivity contribution in [2.75, 3.05) is 6.54 Å². The van der Waals surface area contributed by atoms with E-state index in [2.05, 4.69) is 0 Å². The van der Waals surface area contributed by atoms with Gasteiger partial charge in [0.2, 0.25) is 0 Å². The van der Waals surface area contributed by atoms with E-state index in [0.29, 0.717) is 5.56 Å². The monoisotopic (exact) mass is 237 g/mol. The number of nitrogens with two attached hydrogens (primary N) is 1. The maximum atomic E-state index is 13.5. The summed E-state index contributed by atoms with van der Waals surface area (Å²) in [5.74, 6) is -0.422. The van der Waals surface area contributed by atoms with Crippen molar-refractivity contribution in [2.24, 2.45) is 5.73 Å². The van der Waals surface area contributed by atoms with Gasteiger partial charge in [-0.05, 0) is 24.6 Å². The first-order valence-electron chi connectivity index (χ1n) is 4.30. The first-order valence-corrected chi connectivity index (χ1v) is 4.30. The summed E-state index contributed by atoms with van der Waals surface area (Å²) in [5.41, 5.74) is 3.60. The Hall–Kier alpha value is -0.710. The quantitative estimate of drug-likeness (QED) is 0.844. The molecular weight excluding hydrogens is 224 g/mol. The lowest BCUT2D eigenvalue weighted by Crippen LogP contribution is -2.36. The van der Waals surface area contributed by atoms with Gasteiger partial charge < -0.3 is 10.8 Å². The van der Waals surface area contributed by atoms with E-state index in [4.69, 9.17) is 5.73 Å². The molecule has 0 heterocycles. The van der Waals surface area contributed by atoms with Crippen LogP contribution in [0.2, 0.25) is 0 Å². The van der Waals surface area contributed by atoms with Gasteiger partial charge in [-0.25, -0.2) is 8.78 Å². The minimum Gasteiger partial charge on any atom is -0.385 e. The van der Waals surface area contributed by atoms with Crippen molar-refractivity contribution in [3.63, 3.8) is 0 Å². The van der Waals surface area contributed by atoms with Crippen LogP contribution in [0.1, 0.15) is 18.6 Å². The molecule has 0 spiro atoms. The Morgan fingerprint density at radius 1 is 1.40 bits per heavy atom. The predicted molar refractivity (Wildman–Crippen MR) is 57.2 cm³/mol. The topological polar surface area (TPSA) is 46.2 Å². The molecule has 0 amide bonds. The highest BCUT2D eigenvalue weighted by atomic mass is 35.5. The van der Waals surface area contributed by atoms with Crippen molar-refractivity contribution in [2.45, 2.75) is 18.7 Å². The molecule has 15 heavy (non-hydrogen) atoms. The number of hydrogen-bond donors (Lipinski definition) is 2. The third kappa shape index (κ3) is 3.41. The van der Waals surface area contributed by atoms with Crippen molar-refractivity contribution in [3.8, 4) is 0 Å². The summed E-state index contributed by atoms with van der Waals surface area (Å²) in [6.45, 7) is 0.923. The normalized spacial score (nSPS) is 16.3. The van der Waals surface area contributed by atoms with Crippen LogP contribution in [0, 0.1) is 5.82 Å². The molecule has 0 aromatic heterocycles. The van der Waals surface area contributed by atoms with Crippen molar-refractivity contribution in [1.82, 2.24) is 0 Å². The molecule has 3 N–H and O–H groups in total. The van der Waals surface area contributed by atoms with Crippen LogP contribution < -0.4 is 5.73 Å². The summed E-state index contributed by atoms with van der Waals surface area (Å²) in [7, 11) is 0. The fraction of sp³-hybridized carbons (Fsp3) is 0.400. The minimum atomic E-state index is -1.89. The fourth-order valence-corrected chi connectivity index (χ4v) is 1.10. The average Bonchev–Trinajstić information content (AvgIpc) is 2.18. The zero-order valence-electron chi connectivity index (χ0n) is 8.28. The van der Waals surface area contributed by atoms with Gasteiger partial charge in [-0.1, -0.05) is 12.1 Å². The molecule has 0 saturated heterocycles. The Kier molecular flexibility index (Phi) is 5.14. The number of aliphatic hydroxyl groups is 1. The fourth-order valence-electron chi connectivity index (χ4n) is 1.10. The van der Waals surface area contributed by atoms with Crippen LogP contribution in [0.4, 0.5) is 8.78 Å². The molecule has 1 aromatic carbocycles. The van der Waals surface area contributed by atoms with E-state index >= 15 is 0 Å². The van der Waals surface area contributed by atoms with Gasteiger partial charge in [0.05, 0.1) is 0 Å². The van der Waals surface area contributed by atoms with Crippen molar-refractivity contribution in [1.29, 1.82) is 0 Å². The first kappa shape index (κ1) is 14.3. The van der Waals surface area contributed by atoms with Crippen LogP contribution in [0.25, 0.3) is 0 Å². The van der Waals surface area contributed by atoms with Crippen molar-refractivity contribution < 1.29 is 13.9 Å². The molecule has 5 heteroatoms. The van der Waals surface area contributed by atoms with Gasteiger partial charge in [0.1, 0.15) is 17.6 Å². The highest BCUT2D eigenvalue weighted by Gasteiger charge is 2.32. The highest BCUT2D eigenvalue weighted by molar-refractivity contribution is 5.85. The molecule has 0 radical (unpaired) electrons. The molecule has 0 aliphatic rings. The Labute approximate surface area is 93.5 Å². The molecule has 86 valence electrons. The lowest BCUT2D eigenvalue weighted by molar-refractivity contribution is 0.00899. The number of aliphatic hydroxyl groups excluding tert-OH is 1. The molecule has 0 aliphatic carbocycles. The van der Waals surface area contributed by atoms with E-state index in [-0.39, 0.29) is 19.0 Å². The number of halogens is 3. The van der Waals surface area contributed by atoms with Crippen LogP contribution in [0.3, 0.4) is 0 Å². The molecule has 0 saturated carbocycles.